The molecule has 3 rings (SSSR count). The quantitative estimate of drug-likeness (QED) is 0.494. The van der Waals surface area contributed by atoms with Crippen LogP contribution in [0.3, 0.4) is 0 Å². The molecule has 0 saturated heterocycles. The number of benzene rings is 1. The Morgan fingerprint density at radius 3 is 2.57 bits per heavy atom. The molecule has 156 valence electrons. The third-order valence-corrected chi connectivity index (χ3v) is 3.81. The fraction of sp³-hybridized carbons (Fsp3) is 0.286. The van der Waals surface area contributed by atoms with E-state index in [1.165, 1.54) is 0 Å². The van der Waals surface area contributed by atoms with Crippen LogP contribution in [0, 0.1) is 0 Å². The summed E-state index contributed by atoms with van der Waals surface area (Å²) in [4.78, 5) is 21.8. The summed E-state index contributed by atoms with van der Waals surface area (Å²) in [6.07, 6.45) is 1.06. The van der Waals surface area contributed by atoms with Crippen LogP contribution in [0.5, 0.6) is 0 Å². The highest BCUT2D eigenvalue weighted by Crippen LogP contribution is 2.13. The van der Waals surface area contributed by atoms with Crippen molar-refractivity contribution in [3.63, 3.8) is 0 Å². The molecule has 0 unspecified atom stereocenters. The zero-order valence-corrected chi connectivity index (χ0v) is 17.4. The van der Waals surface area contributed by atoms with Gasteiger partial charge in [-0.25, -0.2) is 14.5 Å². The minimum atomic E-state index is -0.589. The van der Waals surface area contributed by atoms with Gasteiger partial charge in [-0.2, -0.15) is 0 Å². The van der Waals surface area contributed by atoms with E-state index >= 15 is 0 Å². The van der Waals surface area contributed by atoms with E-state index in [1.807, 2.05) is 30.3 Å². The topological polar surface area (TPSA) is 104 Å². The molecule has 2 heterocycles. The Bertz CT molecular complexity index is 1020. The van der Waals surface area contributed by atoms with Crippen LogP contribution in [-0.4, -0.2) is 37.4 Å². The molecule has 1 amide bonds. The molecule has 0 bridgehead atoms. The first-order valence-electron chi connectivity index (χ1n) is 9.38. The van der Waals surface area contributed by atoms with Gasteiger partial charge in [0.1, 0.15) is 22.8 Å². The van der Waals surface area contributed by atoms with E-state index < -0.39 is 11.7 Å². The third-order valence-electron chi connectivity index (χ3n) is 3.81. The molecular weight excluding hydrogens is 384 g/mol. The number of carbonyl (C=O) groups excluding carboxylic acids is 1. The van der Waals surface area contributed by atoms with E-state index in [0.717, 1.165) is 11.3 Å². The Kier molecular flexibility index (Phi) is 6.41. The van der Waals surface area contributed by atoms with Gasteiger partial charge in [0.2, 0.25) is 0 Å². The van der Waals surface area contributed by atoms with Crippen molar-refractivity contribution in [1.29, 1.82) is 0 Å². The van der Waals surface area contributed by atoms with E-state index in [1.54, 1.807) is 56.9 Å². The normalized spacial score (nSPS) is 11.8. The molecule has 2 aromatic heterocycles. The van der Waals surface area contributed by atoms with Gasteiger partial charge in [-0.3, -0.25) is 5.32 Å². The van der Waals surface area contributed by atoms with Gasteiger partial charge in [0.05, 0.1) is 11.9 Å². The number of hydrogen-bond donors (Lipinski definition) is 1. The van der Waals surface area contributed by atoms with E-state index in [4.69, 9.17) is 9.57 Å². The van der Waals surface area contributed by atoms with Gasteiger partial charge < -0.3 is 9.57 Å². The van der Waals surface area contributed by atoms with Crippen molar-refractivity contribution in [2.45, 2.75) is 33.0 Å². The molecule has 3 aromatic rings. The van der Waals surface area contributed by atoms with Gasteiger partial charge in [0, 0.05) is 12.6 Å². The maximum atomic E-state index is 11.9. The number of aryl methyl sites for hydroxylation is 1. The van der Waals surface area contributed by atoms with Crippen LogP contribution in [-0.2, 0) is 23.2 Å². The van der Waals surface area contributed by atoms with Crippen LogP contribution in [0.15, 0.2) is 59.9 Å². The number of hydrogen-bond acceptors (Lipinski definition) is 7. The molecular formula is C21H24N6O3. The molecule has 1 aromatic carbocycles. The average molecular weight is 408 g/mol. The number of anilines is 1. The van der Waals surface area contributed by atoms with Crippen LogP contribution >= 0.6 is 0 Å². The Labute approximate surface area is 174 Å². The zero-order valence-electron chi connectivity index (χ0n) is 17.4. The molecule has 0 fully saturated rings. The van der Waals surface area contributed by atoms with Gasteiger partial charge in [0.25, 0.3) is 0 Å². The summed E-state index contributed by atoms with van der Waals surface area (Å²) in [6, 6.07) is 14.8. The number of amides is 1. The number of nitrogens with one attached hydrogen (secondary N) is 1. The van der Waals surface area contributed by atoms with Crippen molar-refractivity contribution in [3.05, 3.63) is 71.7 Å². The number of carbonyl (C=O) groups is 1. The predicted octanol–water partition coefficient (Wildman–Crippen LogP) is 3.53. The third kappa shape index (κ3) is 5.87. The molecule has 1 N–H and O–H groups in total. The molecule has 0 radical (unpaired) electrons. The molecule has 9 nitrogen and oxygen atoms in total. The van der Waals surface area contributed by atoms with Gasteiger partial charge >= 0.3 is 6.09 Å². The first-order valence-corrected chi connectivity index (χ1v) is 9.38. The van der Waals surface area contributed by atoms with Crippen LogP contribution in [0.25, 0.3) is 0 Å². The van der Waals surface area contributed by atoms with Crippen molar-refractivity contribution in [3.8, 4) is 0 Å². The second-order valence-corrected chi connectivity index (χ2v) is 7.46. The molecule has 0 aliphatic carbocycles. The maximum Gasteiger partial charge on any atom is 0.413 e. The van der Waals surface area contributed by atoms with Crippen LogP contribution in [0.1, 0.15) is 37.7 Å². The summed E-state index contributed by atoms with van der Waals surface area (Å²) >= 11 is 0. The van der Waals surface area contributed by atoms with E-state index in [0.29, 0.717) is 17.2 Å². The van der Waals surface area contributed by atoms with Gasteiger partial charge in [0.15, 0.2) is 6.61 Å². The monoisotopic (exact) mass is 408 g/mol. The molecule has 0 atom stereocenters. The standard InChI is InChI=1S/C21H24N6O3/c1-21(2,3)30-20(28)24-18-12-8-11-16(23-18)14-29-25-19(15-9-6-5-7-10-15)17-13-22-26-27(17)4/h5-13H,14H2,1-4H3,(H,23,24,28)/b25-19-. The fourth-order valence-electron chi connectivity index (χ4n) is 2.55. The number of pyridine rings is 1. The second kappa shape index (κ2) is 9.17. The summed E-state index contributed by atoms with van der Waals surface area (Å²) in [6.45, 7) is 5.50. The van der Waals surface area contributed by atoms with E-state index in [9.17, 15) is 4.79 Å². The number of nitrogens with zero attached hydrogens (tertiary/aromatic N) is 5. The average Bonchev–Trinajstić information content (AvgIpc) is 3.10. The predicted molar refractivity (Wildman–Crippen MR) is 112 cm³/mol. The smallest absolute Gasteiger partial charge is 0.413 e. The van der Waals surface area contributed by atoms with Crippen molar-refractivity contribution in [2.75, 3.05) is 5.32 Å². The first-order chi connectivity index (χ1) is 14.3. The van der Waals surface area contributed by atoms with Crippen molar-refractivity contribution < 1.29 is 14.4 Å². The highest BCUT2D eigenvalue weighted by atomic mass is 16.6. The van der Waals surface area contributed by atoms with Crippen molar-refractivity contribution >= 4 is 17.6 Å². The van der Waals surface area contributed by atoms with Crippen molar-refractivity contribution in [2.24, 2.45) is 12.2 Å². The summed E-state index contributed by atoms with van der Waals surface area (Å²) in [7, 11) is 1.79. The first kappa shape index (κ1) is 21.0. The lowest BCUT2D eigenvalue weighted by Crippen LogP contribution is -2.27. The summed E-state index contributed by atoms with van der Waals surface area (Å²) < 4.78 is 6.86. The van der Waals surface area contributed by atoms with E-state index in [-0.39, 0.29) is 6.61 Å². The van der Waals surface area contributed by atoms with Gasteiger partial charge in [-0.1, -0.05) is 46.8 Å². The summed E-state index contributed by atoms with van der Waals surface area (Å²) in [5.41, 5.74) is 2.20. The maximum absolute atomic E-state index is 11.9. The zero-order chi connectivity index (χ0) is 21.6. The largest absolute Gasteiger partial charge is 0.444 e. The Balaban J connectivity index is 1.71. The summed E-state index contributed by atoms with van der Waals surface area (Å²) in [5.74, 6) is 0.369. The minimum absolute atomic E-state index is 0.117. The van der Waals surface area contributed by atoms with Gasteiger partial charge in [-0.05, 0) is 32.9 Å². The number of rotatable bonds is 6. The van der Waals surface area contributed by atoms with Crippen LogP contribution < -0.4 is 5.32 Å². The highest BCUT2D eigenvalue weighted by molar-refractivity contribution is 6.11. The van der Waals surface area contributed by atoms with Gasteiger partial charge in [-0.15, -0.1) is 5.10 Å². The SMILES string of the molecule is Cn1nncc1/C(=N\OCc1cccc(NC(=O)OC(C)(C)C)n1)c1ccccc1. The highest BCUT2D eigenvalue weighted by Gasteiger charge is 2.17. The molecule has 30 heavy (non-hydrogen) atoms. The van der Waals surface area contributed by atoms with E-state index in [2.05, 4.69) is 25.8 Å². The number of aromatic nitrogens is 4. The number of oxime groups is 1. The lowest BCUT2D eigenvalue weighted by molar-refractivity contribution is 0.0635. The fourth-order valence-corrected chi connectivity index (χ4v) is 2.55. The van der Waals surface area contributed by atoms with Crippen molar-refractivity contribution in [1.82, 2.24) is 20.0 Å². The Hall–Kier alpha value is -3.75. The lowest BCUT2D eigenvalue weighted by Gasteiger charge is -2.19. The Morgan fingerprint density at radius 1 is 1.13 bits per heavy atom. The summed E-state index contributed by atoms with van der Waals surface area (Å²) in [5, 5.41) is 14.8. The van der Waals surface area contributed by atoms with Crippen LogP contribution in [0.2, 0.25) is 0 Å². The molecule has 9 heteroatoms. The Morgan fingerprint density at radius 2 is 1.90 bits per heavy atom. The molecule has 0 aliphatic heterocycles. The molecule has 0 spiro atoms. The lowest BCUT2D eigenvalue weighted by atomic mass is 10.1. The molecule has 0 saturated carbocycles. The molecule has 0 aliphatic rings. The minimum Gasteiger partial charge on any atom is -0.444 e. The second-order valence-electron chi connectivity index (χ2n) is 7.46. The number of ether oxygens (including phenoxy) is 1. The van der Waals surface area contributed by atoms with Crippen LogP contribution in [0.4, 0.5) is 10.6 Å².